The molecule has 0 amide bonds. The highest BCUT2D eigenvalue weighted by atomic mass is 32.2. The zero-order chi connectivity index (χ0) is 16.0. The second-order valence-electron chi connectivity index (χ2n) is 6.50. The topological polar surface area (TPSA) is 75.7 Å². The number of hydrogen-bond acceptors (Lipinski definition) is 5. The minimum Gasteiger partial charge on any atom is -0.426 e. The molecule has 124 valence electrons. The molecule has 0 radical (unpaired) electrons. The highest BCUT2D eigenvalue weighted by molar-refractivity contribution is 7.89. The van der Waals surface area contributed by atoms with Crippen molar-refractivity contribution in [3.8, 4) is 5.75 Å². The van der Waals surface area contributed by atoms with Gasteiger partial charge in [0.15, 0.2) is 0 Å². The summed E-state index contributed by atoms with van der Waals surface area (Å²) in [6.07, 6.45) is 5.46. The Kier molecular flexibility index (Phi) is 3.57. The molecule has 0 aromatic heterocycles. The fourth-order valence-corrected chi connectivity index (χ4v) is 5.25. The number of hydrogen-bond donors (Lipinski definition) is 1. The molecule has 1 saturated heterocycles. The number of benzene rings is 1. The van der Waals surface area contributed by atoms with Gasteiger partial charge in [-0.05, 0) is 37.8 Å². The Balaban J connectivity index is 1.63. The van der Waals surface area contributed by atoms with Gasteiger partial charge in [-0.1, -0.05) is 12.8 Å². The molecule has 6 nitrogen and oxygen atoms in total. The van der Waals surface area contributed by atoms with Gasteiger partial charge in [0.05, 0.1) is 17.8 Å². The highest BCUT2D eigenvalue weighted by Crippen LogP contribution is 2.37. The van der Waals surface area contributed by atoms with Crippen molar-refractivity contribution in [3.63, 3.8) is 0 Å². The number of carbonyl (C=O) groups excluding carboxylic acids is 1. The van der Waals surface area contributed by atoms with Crippen LogP contribution in [0.4, 0.5) is 5.69 Å². The van der Waals surface area contributed by atoms with Crippen LogP contribution < -0.4 is 14.4 Å². The summed E-state index contributed by atoms with van der Waals surface area (Å²) < 4.78 is 33.0. The van der Waals surface area contributed by atoms with Crippen molar-refractivity contribution in [3.05, 3.63) is 18.2 Å². The van der Waals surface area contributed by atoms with Crippen molar-refractivity contribution in [2.24, 2.45) is 5.92 Å². The molecule has 1 aromatic carbocycles. The van der Waals surface area contributed by atoms with Crippen molar-refractivity contribution < 1.29 is 17.9 Å². The second-order valence-corrected chi connectivity index (χ2v) is 8.19. The van der Waals surface area contributed by atoms with Gasteiger partial charge >= 0.3 is 5.97 Å². The van der Waals surface area contributed by atoms with E-state index in [1.54, 1.807) is 12.1 Å². The maximum atomic E-state index is 12.4. The van der Waals surface area contributed by atoms with Crippen LogP contribution in [0.25, 0.3) is 0 Å². The largest absolute Gasteiger partial charge is 0.426 e. The summed E-state index contributed by atoms with van der Waals surface area (Å²) in [6.45, 7) is 0.835. The summed E-state index contributed by atoms with van der Waals surface area (Å²) in [7, 11) is -3.56. The Morgan fingerprint density at radius 3 is 2.74 bits per heavy atom. The lowest BCUT2D eigenvalue weighted by atomic mass is 10.1. The van der Waals surface area contributed by atoms with E-state index in [0.717, 1.165) is 45.1 Å². The molecule has 3 aliphatic rings. The third kappa shape index (κ3) is 2.61. The van der Waals surface area contributed by atoms with Crippen LogP contribution >= 0.6 is 0 Å². The first kappa shape index (κ1) is 15.0. The SMILES string of the molecule is O=C(Oc1ccc2c(c1)S(=O)(=O)NC1CCCN21)C1CCCC1. The van der Waals surface area contributed by atoms with Crippen LogP contribution in [0.15, 0.2) is 23.1 Å². The lowest BCUT2D eigenvalue weighted by Crippen LogP contribution is -2.48. The van der Waals surface area contributed by atoms with E-state index in [4.69, 9.17) is 4.74 Å². The molecule has 0 bridgehead atoms. The van der Waals surface area contributed by atoms with E-state index in [2.05, 4.69) is 9.62 Å². The number of fused-ring (bicyclic) bond motifs is 3. The van der Waals surface area contributed by atoms with Gasteiger partial charge in [0.25, 0.3) is 0 Å². The van der Waals surface area contributed by atoms with Gasteiger partial charge in [0.2, 0.25) is 10.0 Å². The van der Waals surface area contributed by atoms with E-state index in [1.165, 1.54) is 6.07 Å². The summed E-state index contributed by atoms with van der Waals surface area (Å²) in [5, 5.41) is 0. The molecule has 2 fully saturated rings. The average Bonchev–Trinajstić information content (AvgIpc) is 3.17. The van der Waals surface area contributed by atoms with Gasteiger partial charge in [0.1, 0.15) is 10.6 Å². The molecule has 1 N–H and O–H groups in total. The summed E-state index contributed by atoms with van der Waals surface area (Å²) >= 11 is 0. The van der Waals surface area contributed by atoms with Crippen LogP contribution in [0.2, 0.25) is 0 Å². The molecular formula is C16H20N2O4S. The quantitative estimate of drug-likeness (QED) is 0.660. The van der Waals surface area contributed by atoms with Crippen molar-refractivity contribution in [2.75, 3.05) is 11.4 Å². The highest BCUT2D eigenvalue weighted by Gasteiger charge is 2.38. The molecule has 7 heteroatoms. The van der Waals surface area contributed by atoms with E-state index < -0.39 is 10.0 Å². The summed E-state index contributed by atoms with van der Waals surface area (Å²) in [5.74, 6) is 0.00932. The molecule has 2 aliphatic heterocycles. The second kappa shape index (κ2) is 5.49. The Bertz CT molecular complexity index is 740. The van der Waals surface area contributed by atoms with Crippen LogP contribution in [0.3, 0.4) is 0 Å². The lowest BCUT2D eigenvalue weighted by molar-refractivity contribution is -0.138. The van der Waals surface area contributed by atoms with Crippen molar-refractivity contribution >= 4 is 21.7 Å². The number of nitrogens with zero attached hydrogens (tertiary/aromatic N) is 1. The average molecular weight is 336 g/mol. The number of nitrogens with one attached hydrogen (secondary N) is 1. The lowest BCUT2D eigenvalue weighted by Gasteiger charge is -2.33. The van der Waals surface area contributed by atoms with E-state index in [-0.39, 0.29) is 22.9 Å². The van der Waals surface area contributed by atoms with Gasteiger partial charge in [-0.25, -0.2) is 8.42 Å². The zero-order valence-corrected chi connectivity index (χ0v) is 13.6. The van der Waals surface area contributed by atoms with Gasteiger partial charge in [0, 0.05) is 12.6 Å². The van der Waals surface area contributed by atoms with Crippen molar-refractivity contribution in [1.29, 1.82) is 0 Å². The minimum atomic E-state index is -3.56. The standard InChI is InChI=1S/C16H20N2O4S/c19-16(11-4-1-2-5-11)22-12-7-8-13-14(10-12)23(20,21)17-15-6-3-9-18(13)15/h7-8,10-11,15,17H,1-6,9H2. The molecule has 1 unspecified atom stereocenters. The Hall–Kier alpha value is -1.60. The number of anilines is 1. The first-order valence-electron chi connectivity index (χ1n) is 8.19. The molecule has 1 aliphatic carbocycles. The van der Waals surface area contributed by atoms with E-state index >= 15 is 0 Å². The molecule has 1 atom stereocenters. The Labute approximate surface area is 135 Å². The Morgan fingerprint density at radius 1 is 1.17 bits per heavy atom. The maximum absolute atomic E-state index is 12.4. The predicted molar refractivity (Wildman–Crippen MR) is 84.7 cm³/mol. The van der Waals surface area contributed by atoms with Gasteiger partial charge < -0.3 is 9.64 Å². The third-order valence-corrected chi connectivity index (χ3v) is 6.47. The van der Waals surface area contributed by atoms with Gasteiger partial charge in [-0.15, -0.1) is 0 Å². The van der Waals surface area contributed by atoms with Gasteiger partial charge in [-0.3, -0.25) is 4.79 Å². The summed E-state index contributed by atoms with van der Waals surface area (Å²) in [5.41, 5.74) is 0.701. The fourth-order valence-electron chi connectivity index (χ4n) is 3.79. The van der Waals surface area contributed by atoms with E-state index in [1.807, 2.05) is 0 Å². The smallest absolute Gasteiger partial charge is 0.314 e. The Morgan fingerprint density at radius 2 is 1.96 bits per heavy atom. The van der Waals surface area contributed by atoms with Gasteiger partial charge in [-0.2, -0.15) is 4.72 Å². The van der Waals surface area contributed by atoms with Crippen LogP contribution in [-0.4, -0.2) is 27.1 Å². The monoisotopic (exact) mass is 336 g/mol. The van der Waals surface area contributed by atoms with Crippen LogP contribution in [0.5, 0.6) is 5.75 Å². The number of rotatable bonds is 2. The predicted octanol–water partition coefficient (Wildman–Crippen LogP) is 2.00. The number of esters is 1. The van der Waals surface area contributed by atoms with E-state index in [0.29, 0.717) is 11.4 Å². The normalized spacial score (nSPS) is 25.9. The van der Waals surface area contributed by atoms with Crippen molar-refractivity contribution in [1.82, 2.24) is 4.72 Å². The molecule has 0 spiro atoms. The van der Waals surface area contributed by atoms with E-state index in [9.17, 15) is 13.2 Å². The molecule has 1 aromatic rings. The molecule has 1 saturated carbocycles. The summed E-state index contributed by atoms with van der Waals surface area (Å²) in [4.78, 5) is 14.4. The number of ether oxygens (including phenoxy) is 1. The third-order valence-electron chi connectivity index (χ3n) is 4.98. The molecule has 23 heavy (non-hydrogen) atoms. The van der Waals surface area contributed by atoms with Crippen LogP contribution in [-0.2, 0) is 14.8 Å². The molecular weight excluding hydrogens is 316 g/mol. The summed E-state index contributed by atoms with van der Waals surface area (Å²) in [6, 6.07) is 4.92. The maximum Gasteiger partial charge on any atom is 0.314 e. The first-order chi connectivity index (χ1) is 11.0. The number of sulfonamides is 1. The number of carbonyl (C=O) groups is 1. The van der Waals surface area contributed by atoms with Crippen LogP contribution in [0.1, 0.15) is 38.5 Å². The molecule has 4 rings (SSSR count). The van der Waals surface area contributed by atoms with Crippen LogP contribution in [0, 0.1) is 5.92 Å². The zero-order valence-electron chi connectivity index (χ0n) is 12.8. The molecule has 2 heterocycles. The first-order valence-corrected chi connectivity index (χ1v) is 9.68. The fraction of sp³-hybridized carbons (Fsp3) is 0.562. The minimum absolute atomic E-state index is 0.0521. The van der Waals surface area contributed by atoms with Crippen molar-refractivity contribution in [2.45, 2.75) is 49.6 Å².